The number of fused-ring (bicyclic) bond motifs is 2. The Morgan fingerprint density at radius 1 is 1.08 bits per heavy atom. The third kappa shape index (κ3) is 2.78. The molecule has 6 heteroatoms. The molecule has 0 unspecified atom stereocenters. The molecule has 0 saturated heterocycles. The monoisotopic (exact) mass is 333 g/mol. The Hall–Kier alpha value is -3.41. The van der Waals surface area contributed by atoms with Gasteiger partial charge >= 0.3 is 0 Å². The summed E-state index contributed by atoms with van der Waals surface area (Å²) in [6, 6.07) is 12.1. The molecular weight excluding hydrogens is 318 g/mol. The van der Waals surface area contributed by atoms with Crippen LogP contribution in [0, 0.1) is 6.92 Å². The van der Waals surface area contributed by atoms with Crippen molar-refractivity contribution in [1.29, 1.82) is 0 Å². The Morgan fingerprint density at radius 3 is 2.76 bits per heavy atom. The lowest BCUT2D eigenvalue weighted by Gasteiger charge is -2.08. The fourth-order valence-electron chi connectivity index (χ4n) is 3.07. The molecule has 0 atom stereocenters. The summed E-state index contributed by atoms with van der Waals surface area (Å²) in [5.74, 6) is -0.333. The van der Waals surface area contributed by atoms with E-state index < -0.39 is 0 Å². The van der Waals surface area contributed by atoms with Crippen molar-refractivity contribution in [2.45, 2.75) is 13.3 Å². The third-order valence-corrected chi connectivity index (χ3v) is 4.30. The van der Waals surface area contributed by atoms with E-state index >= 15 is 0 Å². The van der Waals surface area contributed by atoms with Crippen molar-refractivity contribution in [3.63, 3.8) is 0 Å². The fraction of sp³-hybridized carbons (Fsp3) is 0.105. The molecule has 2 amide bonds. The lowest BCUT2D eigenvalue weighted by Crippen LogP contribution is -2.13. The number of nitrogens with one attached hydrogen (secondary N) is 3. The van der Waals surface area contributed by atoms with Gasteiger partial charge < -0.3 is 15.6 Å². The number of aryl methyl sites for hydroxylation is 1. The first kappa shape index (κ1) is 15.1. The van der Waals surface area contributed by atoms with E-state index in [0.29, 0.717) is 23.2 Å². The number of aromatic nitrogens is 1. The van der Waals surface area contributed by atoms with E-state index in [0.717, 1.165) is 22.2 Å². The molecule has 0 bridgehead atoms. The first-order valence-corrected chi connectivity index (χ1v) is 7.87. The summed E-state index contributed by atoms with van der Waals surface area (Å²) in [7, 11) is 0. The van der Waals surface area contributed by atoms with Gasteiger partial charge in [-0.1, -0.05) is 12.1 Å². The Balaban J connectivity index is 1.63. The highest BCUT2D eigenvalue weighted by Crippen LogP contribution is 2.26. The van der Waals surface area contributed by atoms with Crippen LogP contribution < -0.4 is 16.2 Å². The summed E-state index contributed by atoms with van der Waals surface area (Å²) in [4.78, 5) is 38.3. The lowest BCUT2D eigenvalue weighted by atomic mass is 10.1. The minimum absolute atomic E-state index is 0.0488. The highest BCUT2D eigenvalue weighted by Gasteiger charge is 2.18. The van der Waals surface area contributed by atoms with Crippen LogP contribution >= 0.6 is 0 Å². The van der Waals surface area contributed by atoms with Gasteiger partial charge in [0, 0.05) is 33.9 Å². The Morgan fingerprint density at radius 2 is 1.92 bits per heavy atom. The van der Waals surface area contributed by atoms with E-state index in [-0.39, 0.29) is 17.4 Å². The molecule has 4 rings (SSSR count). The Labute approximate surface area is 142 Å². The SMILES string of the molecule is Cc1cc(=O)[nH]c2cc(C(=O)Nc3ccc4c(c3)NC(=O)C4)ccc12. The van der Waals surface area contributed by atoms with E-state index in [1.807, 2.05) is 19.1 Å². The zero-order valence-corrected chi connectivity index (χ0v) is 13.5. The number of H-pyrrole nitrogens is 1. The van der Waals surface area contributed by atoms with Gasteiger partial charge in [0.2, 0.25) is 11.5 Å². The standard InChI is InChI=1S/C19H15N3O3/c1-10-6-17(23)22-16-7-12(3-5-14(10)16)19(25)20-13-4-2-11-8-18(24)21-15(11)9-13/h2-7,9H,8H2,1H3,(H,20,25)(H,21,24)(H,22,23). The molecular formula is C19H15N3O3. The van der Waals surface area contributed by atoms with Crippen LogP contribution in [0.2, 0.25) is 0 Å². The summed E-state index contributed by atoms with van der Waals surface area (Å²) in [6.07, 6.45) is 0.362. The number of aromatic amines is 1. The highest BCUT2D eigenvalue weighted by molar-refractivity contribution is 6.07. The van der Waals surface area contributed by atoms with Gasteiger partial charge in [-0.25, -0.2) is 0 Å². The number of pyridine rings is 1. The first-order valence-electron chi connectivity index (χ1n) is 7.87. The maximum atomic E-state index is 12.5. The van der Waals surface area contributed by atoms with E-state index in [9.17, 15) is 14.4 Å². The fourth-order valence-corrected chi connectivity index (χ4v) is 3.07. The summed E-state index contributed by atoms with van der Waals surface area (Å²) in [6.45, 7) is 1.86. The molecule has 0 radical (unpaired) electrons. The molecule has 3 aromatic rings. The zero-order valence-electron chi connectivity index (χ0n) is 13.5. The van der Waals surface area contributed by atoms with Gasteiger partial charge in [-0.3, -0.25) is 14.4 Å². The van der Waals surface area contributed by atoms with Crippen LogP contribution in [-0.2, 0) is 11.2 Å². The first-order chi connectivity index (χ1) is 12.0. The smallest absolute Gasteiger partial charge is 0.255 e. The molecule has 0 fully saturated rings. The van der Waals surface area contributed by atoms with Crippen molar-refractivity contribution in [2.24, 2.45) is 0 Å². The average molecular weight is 333 g/mol. The topological polar surface area (TPSA) is 91.1 Å². The van der Waals surface area contributed by atoms with Crippen LogP contribution in [0.15, 0.2) is 47.3 Å². The van der Waals surface area contributed by atoms with Crippen LogP contribution in [0.25, 0.3) is 10.9 Å². The van der Waals surface area contributed by atoms with E-state index in [4.69, 9.17) is 0 Å². The maximum absolute atomic E-state index is 12.5. The summed E-state index contributed by atoms with van der Waals surface area (Å²) >= 11 is 0. The van der Waals surface area contributed by atoms with E-state index in [1.54, 1.807) is 24.3 Å². The minimum Gasteiger partial charge on any atom is -0.325 e. The second-order valence-electron chi connectivity index (χ2n) is 6.13. The number of hydrogen-bond acceptors (Lipinski definition) is 3. The normalized spacial score (nSPS) is 12.8. The number of anilines is 2. The molecule has 2 heterocycles. The minimum atomic E-state index is -0.284. The van der Waals surface area contributed by atoms with Crippen molar-refractivity contribution in [2.75, 3.05) is 10.6 Å². The number of hydrogen-bond donors (Lipinski definition) is 3. The lowest BCUT2D eigenvalue weighted by molar-refractivity contribution is -0.115. The van der Waals surface area contributed by atoms with Gasteiger partial charge in [-0.05, 0) is 42.3 Å². The molecule has 1 aliphatic rings. The van der Waals surface area contributed by atoms with E-state index in [1.165, 1.54) is 6.07 Å². The number of benzene rings is 2. The van der Waals surface area contributed by atoms with Crippen LogP contribution in [0.5, 0.6) is 0 Å². The van der Waals surface area contributed by atoms with Gasteiger partial charge in [-0.2, -0.15) is 0 Å². The van der Waals surface area contributed by atoms with Crippen LogP contribution in [-0.4, -0.2) is 16.8 Å². The second kappa shape index (κ2) is 5.59. The zero-order chi connectivity index (χ0) is 17.6. The van der Waals surface area contributed by atoms with Crippen molar-refractivity contribution < 1.29 is 9.59 Å². The van der Waals surface area contributed by atoms with Crippen molar-refractivity contribution >= 4 is 34.1 Å². The molecule has 2 aromatic carbocycles. The number of rotatable bonds is 2. The third-order valence-electron chi connectivity index (χ3n) is 4.30. The van der Waals surface area contributed by atoms with Gasteiger partial charge in [0.1, 0.15) is 0 Å². The molecule has 124 valence electrons. The molecule has 1 aliphatic heterocycles. The molecule has 0 saturated carbocycles. The Bertz CT molecular complexity index is 1100. The van der Waals surface area contributed by atoms with E-state index in [2.05, 4.69) is 15.6 Å². The number of carbonyl (C=O) groups is 2. The molecule has 1 aromatic heterocycles. The molecule has 25 heavy (non-hydrogen) atoms. The van der Waals surface area contributed by atoms with Crippen molar-refractivity contribution in [3.05, 3.63) is 69.5 Å². The summed E-state index contributed by atoms with van der Waals surface area (Å²) < 4.78 is 0. The van der Waals surface area contributed by atoms with Crippen LogP contribution in [0.4, 0.5) is 11.4 Å². The maximum Gasteiger partial charge on any atom is 0.255 e. The van der Waals surface area contributed by atoms with Crippen molar-refractivity contribution in [3.8, 4) is 0 Å². The van der Waals surface area contributed by atoms with Crippen molar-refractivity contribution in [1.82, 2.24) is 4.98 Å². The second-order valence-corrected chi connectivity index (χ2v) is 6.13. The molecule has 3 N–H and O–H groups in total. The quantitative estimate of drug-likeness (QED) is 0.673. The predicted octanol–water partition coefficient (Wildman–Crippen LogP) is 2.58. The molecule has 0 spiro atoms. The Kier molecular flexibility index (Phi) is 3.39. The van der Waals surface area contributed by atoms with Gasteiger partial charge in [0.15, 0.2) is 0 Å². The van der Waals surface area contributed by atoms with Crippen LogP contribution in [0.1, 0.15) is 21.5 Å². The number of carbonyl (C=O) groups excluding carboxylic acids is 2. The molecule has 0 aliphatic carbocycles. The average Bonchev–Trinajstić information content (AvgIpc) is 2.93. The summed E-state index contributed by atoms with van der Waals surface area (Å²) in [5, 5.41) is 6.47. The van der Waals surface area contributed by atoms with Gasteiger partial charge in [-0.15, -0.1) is 0 Å². The highest BCUT2D eigenvalue weighted by atomic mass is 16.2. The summed E-state index contributed by atoms with van der Waals surface area (Å²) in [5.41, 5.74) is 3.97. The van der Waals surface area contributed by atoms with Gasteiger partial charge in [0.05, 0.1) is 6.42 Å². The van der Waals surface area contributed by atoms with Crippen LogP contribution in [0.3, 0.4) is 0 Å². The molecule has 6 nitrogen and oxygen atoms in total. The number of amides is 2. The largest absolute Gasteiger partial charge is 0.325 e. The predicted molar refractivity (Wildman–Crippen MR) is 96.0 cm³/mol. The van der Waals surface area contributed by atoms with Gasteiger partial charge in [0.25, 0.3) is 5.91 Å².